The Morgan fingerprint density at radius 3 is 2.43 bits per heavy atom. The molecule has 0 bridgehead atoms. The quantitative estimate of drug-likeness (QED) is 0.799. The number of nitrogens with one attached hydrogen (secondary N) is 1. The highest BCUT2D eigenvalue weighted by Crippen LogP contribution is 2.33. The van der Waals surface area contributed by atoms with Crippen LogP contribution in [0, 0.1) is 0 Å². The molecule has 1 fully saturated rings. The Balaban J connectivity index is 1.77. The predicted molar refractivity (Wildman–Crippen MR) is 109 cm³/mol. The Hall–Kier alpha value is -2.74. The smallest absolute Gasteiger partial charge is 0.255 e. The van der Waals surface area contributed by atoms with Crippen LogP contribution in [0.25, 0.3) is 0 Å². The fourth-order valence-corrected chi connectivity index (χ4v) is 4.58. The maximum atomic E-state index is 12.5. The molecule has 7 nitrogen and oxygen atoms in total. The molecule has 3 rings (SSSR count). The summed E-state index contributed by atoms with van der Waals surface area (Å²) >= 11 is 0. The predicted octanol–water partition coefficient (Wildman–Crippen LogP) is 3.27. The van der Waals surface area contributed by atoms with Crippen molar-refractivity contribution in [2.75, 3.05) is 29.0 Å². The molecule has 1 N–H and O–H groups in total. The summed E-state index contributed by atoms with van der Waals surface area (Å²) in [5.74, 6) is 0.939. The number of hydrogen-bond donors (Lipinski definition) is 1. The maximum absolute atomic E-state index is 12.5. The summed E-state index contributed by atoms with van der Waals surface area (Å²) in [7, 11) is -1.80. The Kier molecular flexibility index (Phi) is 5.79. The van der Waals surface area contributed by atoms with Crippen molar-refractivity contribution < 1.29 is 22.7 Å². The first kappa shape index (κ1) is 20.0. The fourth-order valence-electron chi connectivity index (χ4n) is 3.02. The number of carbonyl (C=O) groups excluding carboxylic acids is 1. The van der Waals surface area contributed by atoms with E-state index in [1.165, 1.54) is 11.4 Å². The third kappa shape index (κ3) is 4.39. The Morgan fingerprint density at radius 2 is 1.86 bits per heavy atom. The zero-order chi connectivity index (χ0) is 20.3. The third-order valence-electron chi connectivity index (χ3n) is 4.31. The lowest BCUT2D eigenvalue weighted by molar-refractivity contribution is 0.102. The van der Waals surface area contributed by atoms with Gasteiger partial charge in [0.15, 0.2) is 0 Å². The maximum Gasteiger partial charge on any atom is 0.255 e. The van der Waals surface area contributed by atoms with E-state index >= 15 is 0 Å². The highest BCUT2D eigenvalue weighted by Gasteiger charge is 2.29. The summed E-state index contributed by atoms with van der Waals surface area (Å²) in [4.78, 5) is 12.5. The second-order valence-corrected chi connectivity index (χ2v) is 8.78. The molecule has 2 aromatic carbocycles. The van der Waals surface area contributed by atoms with Gasteiger partial charge >= 0.3 is 0 Å². The zero-order valence-corrected chi connectivity index (χ0v) is 17.0. The number of carbonyl (C=O) groups is 1. The zero-order valence-electron chi connectivity index (χ0n) is 16.1. The van der Waals surface area contributed by atoms with Gasteiger partial charge in [-0.2, -0.15) is 0 Å². The number of sulfonamides is 1. The lowest BCUT2D eigenvalue weighted by Crippen LogP contribution is -2.25. The minimum Gasteiger partial charge on any atom is -0.494 e. The Bertz CT molecular complexity index is 955. The van der Waals surface area contributed by atoms with Gasteiger partial charge in [0.1, 0.15) is 11.5 Å². The van der Waals surface area contributed by atoms with Crippen LogP contribution in [0.4, 0.5) is 11.4 Å². The van der Waals surface area contributed by atoms with Crippen molar-refractivity contribution in [1.29, 1.82) is 0 Å². The van der Waals surface area contributed by atoms with E-state index in [0.29, 0.717) is 41.4 Å². The third-order valence-corrected chi connectivity index (χ3v) is 6.18. The molecule has 1 aliphatic rings. The van der Waals surface area contributed by atoms with Crippen molar-refractivity contribution in [3.8, 4) is 11.5 Å². The van der Waals surface area contributed by atoms with Crippen molar-refractivity contribution >= 4 is 27.3 Å². The molecule has 0 aromatic heterocycles. The van der Waals surface area contributed by atoms with E-state index in [-0.39, 0.29) is 17.8 Å². The second kappa shape index (κ2) is 8.10. The van der Waals surface area contributed by atoms with E-state index < -0.39 is 10.0 Å². The lowest BCUT2D eigenvalue weighted by Gasteiger charge is -2.19. The molecule has 150 valence electrons. The van der Waals surface area contributed by atoms with E-state index in [1.54, 1.807) is 42.5 Å². The molecule has 0 saturated carbocycles. The molecular formula is C20H24N2O5S. The molecule has 0 unspecified atom stereocenters. The first-order chi connectivity index (χ1) is 13.3. The number of rotatable bonds is 6. The summed E-state index contributed by atoms with van der Waals surface area (Å²) in [6, 6.07) is 11.8. The second-order valence-electron chi connectivity index (χ2n) is 6.77. The molecule has 1 amide bonds. The largest absolute Gasteiger partial charge is 0.494 e. The van der Waals surface area contributed by atoms with E-state index in [1.807, 2.05) is 13.8 Å². The molecular weight excluding hydrogens is 380 g/mol. The van der Waals surface area contributed by atoms with E-state index in [0.717, 1.165) is 0 Å². The summed E-state index contributed by atoms with van der Waals surface area (Å²) < 4.78 is 36.5. The van der Waals surface area contributed by atoms with Gasteiger partial charge < -0.3 is 14.8 Å². The lowest BCUT2D eigenvalue weighted by atomic mass is 10.2. The minimum absolute atomic E-state index is 0.0573. The molecule has 0 aliphatic carbocycles. The minimum atomic E-state index is -3.28. The Labute approximate surface area is 165 Å². The Morgan fingerprint density at radius 1 is 1.14 bits per heavy atom. The molecule has 0 atom stereocenters. The van der Waals surface area contributed by atoms with Crippen LogP contribution in [0.3, 0.4) is 0 Å². The van der Waals surface area contributed by atoms with Crippen LogP contribution >= 0.6 is 0 Å². The monoisotopic (exact) mass is 404 g/mol. The van der Waals surface area contributed by atoms with Crippen LogP contribution < -0.4 is 19.1 Å². The normalized spacial score (nSPS) is 15.5. The number of benzene rings is 2. The van der Waals surface area contributed by atoms with E-state index in [4.69, 9.17) is 9.47 Å². The van der Waals surface area contributed by atoms with Crippen LogP contribution in [0.1, 0.15) is 30.6 Å². The molecule has 0 spiro atoms. The van der Waals surface area contributed by atoms with Crippen LogP contribution in [0.5, 0.6) is 11.5 Å². The molecule has 2 aromatic rings. The highest BCUT2D eigenvalue weighted by atomic mass is 32.2. The van der Waals surface area contributed by atoms with Gasteiger partial charge in [0.25, 0.3) is 5.91 Å². The van der Waals surface area contributed by atoms with Crippen LogP contribution in [0.2, 0.25) is 0 Å². The number of amides is 1. The van der Waals surface area contributed by atoms with Crippen molar-refractivity contribution in [3.05, 3.63) is 48.0 Å². The molecule has 1 heterocycles. The fraction of sp³-hybridized carbons (Fsp3) is 0.350. The molecule has 8 heteroatoms. The summed E-state index contributed by atoms with van der Waals surface area (Å²) in [6.45, 7) is 4.32. The van der Waals surface area contributed by atoms with Gasteiger partial charge in [-0.3, -0.25) is 9.10 Å². The standard InChI is InChI=1S/C20H24N2O5S/c1-14(2)27-17-8-5-15(6-9-17)20(23)21-18-10-7-16(13-19(18)26-3)22-11-4-12-28(22,24)25/h5-10,13-14H,4,11-12H2,1-3H3,(H,21,23). The van der Waals surface area contributed by atoms with Crippen LogP contribution in [0.15, 0.2) is 42.5 Å². The number of ether oxygens (including phenoxy) is 2. The van der Waals surface area contributed by atoms with Gasteiger partial charge in [-0.25, -0.2) is 8.42 Å². The van der Waals surface area contributed by atoms with Gasteiger partial charge in [0, 0.05) is 18.2 Å². The first-order valence-electron chi connectivity index (χ1n) is 9.06. The van der Waals surface area contributed by atoms with E-state index in [2.05, 4.69) is 5.32 Å². The SMILES string of the molecule is COc1cc(N2CCCS2(=O)=O)ccc1NC(=O)c1ccc(OC(C)C)cc1. The average molecular weight is 404 g/mol. The number of nitrogens with zero attached hydrogens (tertiary/aromatic N) is 1. The molecule has 28 heavy (non-hydrogen) atoms. The van der Waals surface area contributed by atoms with Crippen molar-refractivity contribution in [1.82, 2.24) is 0 Å². The number of hydrogen-bond acceptors (Lipinski definition) is 5. The molecule has 0 radical (unpaired) electrons. The van der Waals surface area contributed by atoms with E-state index in [9.17, 15) is 13.2 Å². The van der Waals surface area contributed by atoms with Crippen molar-refractivity contribution in [3.63, 3.8) is 0 Å². The summed E-state index contributed by atoms with van der Waals surface area (Å²) in [5.41, 5.74) is 1.47. The highest BCUT2D eigenvalue weighted by molar-refractivity contribution is 7.93. The average Bonchev–Trinajstić information content (AvgIpc) is 3.01. The van der Waals surface area contributed by atoms with Gasteiger partial charge in [-0.1, -0.05) is 0 Å². The summed E-state index contributed by atoms with van der Waals surface area (Å²) in [5, 5.41) is 2.80. The van der Waals surface area contributed by atoms with Crippen molar-refractivity contribution in [2.24, 2.45) is 0 Å². The molecule has 1 saturated heterocycles. The number of methoxy groups -OCH3 is 1. The summed E-state index contributed by atoms with van der Waals surface area (Å²) in [6.07, 6.45) is 0.654. The topological polar surface area (TPSA) is 84.9 Å². The van der Waals surface area contributed by atoms with Crippen LogP contribution in [-0.2, 0) is 10.0 Å². The number of anilines is 2. The van der Waals surface area contributed by atoms with Crippen LogP contribution in [-0.4, -0.2) is 39.8 Å². The van der Waals surface area contributed by atoms with Gasteiger partial charge in [0.2, 0.25) is 10.0 Å². The van der Waals surface area contributed by atoms with Gasteiger partial charge in [0.05, 0.1) is 30.3 Å². The molecule has 1 aliphatic heterocycles. The van der Waals surface area contributed by atoms with Gasteiger partial charge in [-0.15, -0.1) is 0 Å². The van der Waals surface area contributed by atoms with Crippen molar-refractivity contribution in [2.45, 2.75) is 26.4 Å². The van der Waals surface area contributed by atoms with Gasteiger partial charge in [-0.05, 0) is 56.7 Å². The first-order valence-corrected chi connectivity index (χ1v) is 10.7.